The van der Waals surface area contributed by atoms with Crippen LogP contribution in [0.25, 0.3) is 101 Å². The molecule has 0 spiro atoms. The molecule has 9 heteroatoms. The van der Waals surface area contributed by atoms with Crippen LogP contribution in [-0.4, -0.2) is 44.9 Å². The maximum absolute atomic E-state index is 4.87. The molecule has 3 aromatic heterocycles. The molecule has 0 radical (unpaired) electrons. The summed E-state index contributed by atoms with van der Waals surface area (Å²) in [6.07, 6.45) is 4.72. The first kappa shape index (κ1) is 31.1. The summed E-state index contributed by atoms with van der Waals surface area (Å²) in [6.45, 7) is 0. The fourth-order valence-corrected chi connectivity index (χ4v) is 6.91. The van der Waals surface area contributed by atoms with Gasteiger partial charge in [-0.2, -0.15) is 0 Å². The summed E-state index contributed by atoms with van der Waals surface area (Å²) in [5.41, 5.74) is 5.46. The summed E-state index contributed by atoms with van der Waals surface area (Å²) in [5.74, 6) is 3.67. The molecule has 0 amide bonds. The Labute approximate surface area is 309 Å². The highest BCUT2D eigenvalue weighted by atomic mass is 15.0. The van der Waals surface area contributed by atoms with E-state index in [4.69, 9.17) is 15.0 Å². The number of aromatic nitrogens is 9. The van der Waals surface area contributed by atoms with Gasteiger partial charge in [0.2, 0.25) is 0 Å². The Balaban J connectivity index is 1.17. The Morgan fingerprint density at radius 1 is 0.222 bits per heavy atom. The smallest absolute Gasteiger partial charge is 0.163 e. The van der Waals surface area contributed by atoms with Crippen molar-refractivity contribution in [1.82, 2.24) is 44.9 Å². The van der Waals surface area contributed by atoms with Gasteiger partial charge in [0, 0.05) is 33.4 Å². The zero-order valence-electron chi connectivity index (χ0n) is 28.6. The number of benzene rings is 7. The first-order valence-corrected chi connectivity index (χ1v) is 17.4. The second-order valence-electron chi connectivity index (χ2n) is 12.8. The predicted molar refractivity (Wildman–Crippen MR) is 212 cm³/mol. The molecule has 252 valence electrons. The molecule has 10 aromatic rings. The van der Waals surface area contributed by atoms with Gasteiger partial charge in [0.05, 0.1) is 0 Å². The minimum Gasteiger partial charge on any atom is -0.217 e. The van der Waals surface area contributed by atoms with E-state index in [1.807, 2.05) is 91.0 Å². The van der Waals surface area contributed by atoms with Gasteiger partial charge >= 0.3 is 0 Å². The summed E-state index contributed by atoms with van der Waals surface area (Å²) in [6, 6.07) is 49.0. The van der Waals surface area contributed by atoms with Gasteiger partial charge in [-0.15, -0.1) is 0 Å². The molecular weight excluding hydrogens is 667 g/mol. The lowest BCUT2D eigenvalue weighted by Gasteiger charge is -2.14. The maximum atomic E-state index is 4.87. The van der Waals surface area contributed by atoms with Crippen molar-refractivity contribution in [2.24, 2.45) is 0 Å². The zero-order chi connectivity index (χ0) is 35.8. The first-order chi connectivity index (χ1) is 26.7. The van der Waals surface area contributed by atoms with Gasteiger partial charge < -0.3 is 0 Å². The average molecular weight is 694 g/mol. The summed E-state index contributed by atoms with van der Waals surface area (Å²) in [4.78, 5) is 41.8. The van der Waals surface area contributed by atoms with Crippen molar-refractivity contribution in [3.63, 3.8) is 0 Å². The first-order valence-electron chi connectivity index (χ1n) is 17.4. The zero-order valence-corrected chi connectivity index (χ0v) is 28.6. The molecular formula is C45H27N9. The molecule has 0 fully saturated rings. The van der Waals surface area contributed by atoms with Crippen LogP contribution < -0.4 is 0 Å². The van der Waals surface area contributed by atoms with Crippen LogP contribution in [0.3, 0.4) is 0 Å². The van der Waals surface area contributed by atoms with Gasteiger partial charge in [-0.05, 0) is 50.5 Å². The number of hydrogen-bond donors (Lipinski definition) is 0. The minimum absolute atomic E-state index is 0.599. The topological polar surface area (TPSA) is 116 Å². The lowest BCUT2D eigenvalue weighted by atomic mass is 9.91. The van der Waals surface area contributed by atoms with E-state index >= 15 is 0 Å². The molecule has 0 saturated heterocycles. The van der Waals surface area contributed by atoms with Gasteiger partial charge in [0.25, 0.3) is 0 Å². The van der Waals surface area contributed by atoms with Crippen LogP contribution in [0.15, 0.2) is 165 Å². The van der Waals surface area contributed by atoms with Gasteiger partial charge in [-0.3, -0.25) is 0 Å². The summed E-state index contributed by atoms with van der Waals surface area (Å²) < 4.78 is 0. The molecule has 3 heterocycles. The van der Waals surface area contributed by atoms with E-state index in [0.717, 1.165) is 65.7 Å². The van der Waals surface area contributed by atoms with Gasteiger partial charge in [-0.1, -0.05) is 127 Å². The third kappa shape index (κ3) is 5.66. The Kier molecular flexibility index (Phi) is 7.58. The van der Waals surface area contributed by atoms with Crippen molar-refractivity contribution < 1.29 is 0 Å². The van der Waals surface area contributed by atoms with Crippen LogP contribution in [-0.2, 0) is 0 Å². The van der Waals surface area contributed by atoms with Crippen molar-refractivity contribution in [2.45, 2.75) is 0 Å². The molecule has 0 unspecified atom stereocenters. The van der Waals surface area contributed by atoms with Crippen LogP contribution in [0.1, 0.15) is 0 Å². The lowest BCUT2D eigenvalue weighted by Crippen LogP contribution is -1.97. The largest absolute Gasteiger partial charge is 0.217 e. The van der Waals surface area contributed by atoms with E-state index in [-0.39, 0.29) is 0 Å². The third-order valence-electron chi connectivity index (χ3n) is 9.52. The van der Waals surface area contributed by atoms with Crippen LogP contribution in [0, 0.1) is 0 Å². The molecule has 0 aliphatic heterocycles. The second kappa shape index (κ2) is 13.2. The van der Waals surface area contributed by atoms with Crippen LogP contribution in [0.4, 0.5) is 0 Å². The van der Waals surface area contributed by atoms with E-state index < -0.39 is 0 Å². The third-order valence-corrected chi connectivity index (χ3v) is 9.52. The van der Waals surface area contributed by atoms with Gasteiger partial charge in [0.15, 0.2) is 34.9 Å². The Hall–Kier alpha value is -7.65. The van der Waals surface area contributed by atoms with E-state index in [0.29, 0.717) is 34.9 Å². The maximum Gasteiger partial charge on any atom is 0.163 e. The van der Waals surface area contributed by atoms with Crippen LogP contribution in [0.5, 0.6) is 0 Å². The number of nitrogens with zero attached hydrogens (tertiary/aromatic N) is 9. The fourth-order valence-electron chi connectivity index (χ4n) is 6.91. The van der Waals surface area contributed by atoms with Crippen molar-refractivity contribution in [3.8, 4) is 68.3 Å². The molecule has 0 aliphatic rings. The molecule has 0 bridgehead atoms. The average Bonchev–Trinajstić information content (AvgIpc) is 3.27. The monoisotopic (exact) mass is 693 g/mol. The highest BCUT2D eigenvalue weighted by molar-refractivity contribution is 6.26. The second-order valence-corrected chi connectivity index (χ2v) is 12.8. The molecule has 0 saturated carbocycles. The minimum atomic E-state index is 0.599. The predicted octanol–water partition coefficient (Wildman–Crippen LogP) is 9.70. The van der Waals surface area contributed by atoms with E-state index in [2.05, 4.69) is 84.5 Å². The van der Waals surface area contributed by atoms with Crippen molar-refractivity contribution in [1.29, 1.82) is 0 Å². The number of hydrogen-bond acceptors (Lipinski definition) is 9. The van der Waals surface area contributed by atoms with Gasteiger partial charge in [0.1, 0.15) is 19.0 Å². The van der Waals surface area contributed by atoms with E-state index in [9.17, 15) is 0 Å². The van der Waals surface area contributed by atoms with Crippen molar-refractivity contribution in [3.05, 3.63) is 165 Å². The Morgan fingerprint density at radius 2 is 0.481 bits per heavy atom. The van der Waals surface area contributed by atoms with E-state index in [1.54, 1.807) is 19.0 Å². The Morgan fingerprint density at radius 3 is 0.759 bits per heavy atom. The molecule has 0 atom stereocenters. The van der Waals surface area contributed by atoms with E-state index in [1.165, 1.54) is 0 Å². The summed E-state index contributed by atoms with van der Waals surface area (Å²) in [7, 11) is 0. The number of fused-ring (bicyclic) bond motifs is 6. The molecule has 0 aliphatic carbocycles. The van der Waals surface area contributed by atoms with Crippen molar-refractivity contribution >= 4 is 32.3 Å². The molecule has 0 N–H and O–H groups in total. The lowest BCUT2D eigenvalue weighted by molar-refractivity contribution is 1.07. The standard InChI is InChI=1S/C45H27N9/c1-4-10-28(11-5-1)40-46-25-49-43(52-40)31-16-19-34-37(22-31)35-20-17-32(44-50-26-47-41(53-44)29-12-6-2-7-13-29)24-39(35)36-21-18-33(23-38(34)36)45-51-27-48-42(54-45)30-14-8-3-9-15-30/h1-27H. The molecule has 9 nitrogen and oxygen atoms in total. The molecule has 54 heavy (non-hydrogen) atoms. The fraction of sp³-hybridized carbons (Fsp3) is 0. The highest BCUT2D eigenvalue weighted by Gasteiger charge is 2.16. The quantitative estimate of drug-likeness (QED) is 0.157. The molecule has 10 rings (SSSR count). The Bertz CT molecular complexity index is 2640. The highest BCUT2D eigenvalue weighted by Crippen LogP contribution is 2.40. The SMILES string of the molecule is c1ccc(-c2ncnc(-c3ccc4c(c3)c3ccc(-c5ncnc(-c6ccccc6)n5)cc3c3ccc(-c5ncnc(-c6ccccc6)n5)cc43)n2)cc1. The molecule has 7 aromatic carbocycles. The normalized spacial score (nSPS) is 11.3. The summed E-state index contributed by atoms with van der Waals surface area (Å²) >= 11 is 0. The summed E-state index contributed by atoms with van der Waals surface area (Å²) in [5, 5.41) is 6.41. The van der Waals surface area contributed by atoms with Crippen LogP contribution in [0.2, 0.25) is 0 Å². The number of rotatable bonds is 6. The van der Waals surface area contributed by atoms with Gasteiger partial charge in [-0.25, -0.2) is 44.9 Å². The van der Waals surface area contributed by atoms with Crippen LogP contribution >= 0.6 is 0 Å². The van der Waals surface area contributed by atoms with Crippen molar-refractivity contribution in [2.75, 3.05) is 0 Å².